The highest BCUT2D eigenvalue weighted by Crippen LogP contribution is 2.24. The first kappa shape index (κ1) is 12.8. The molecule has 0 amide bonds. The van der Waals surface area contributed by atoms with Crippen LogP contribution in [-0.2, 0) is 6.42 Å². The molecular formula is C16H19NO. The maximum absolute atomic E-state index is 9.62. The lowest BCUT2D eigenvalue weighted by molar-refractivity contribution is 0.199. The molecule has 0 saturated heterocycles. The lowest BCUT2D eigenvalue weighted by Gasteiger charge is -2.09. The first-order valence-electron chi connectivity index (χ1n) is 6.28. The van der Waals surface area contributed by atoms with Crippen molar-refractivity contribution in [2.75, 3.05) is 6.54 Å². The molecule has 0 radical (unpaired) electrons. The second-order valence-corrected chi connectivity index (χ2v) is 4.54. The maximum atomic E-state index is 9.62. The molecule has 2 rings (SSSR count). The summed E-state index contributed by atoms with van der Waals surface area (Å²) in [5.41, 5.74) is 10.1. The van der Waals surface area contributed by atoms with E-state index in [2.05, 4.69) is 30.3 Å². The summed E-state index contributed by atoms with van der Waals surface area (Å²) >= 11 is 0. The van der Waals surface area contributed by atoms with Gasteiger partial charge in [0.1, 0.15) is 0 Å². The highest BCUT2D eigenvalue weighted by atomic mass is 16.3. The molecule has 0 heterocycles. The maximum Gasteiger partial charge on any atom is 0.0762 e. The predicted molar refractivity (Wildman–Crippen MR) is 75.3 cm³/mol. The van der Waals surface area contributed by atoms with Gasteiger partial charge in [-0.25, -0.2) is 0 Å². The van der Waals surface area contributed by atoms with Gasteiger partial charge in [0.2, 0.25) is 0 Å². The molecule has 3 N–H and O–H groups in total. The zero-order valence-corrected chi connectivity index (χ0v) is 10.6. The van der Waals surface area contributed by atoms with E-state index >= 15 is 0 Å². The zero-order valence-electron chi connectivity index (χ0n) is 10.6. The minimum absolute atomic E-state index is 0.433. The molecule has 0 saturated carbocycles. The lowest BCUT2D eigenvalue weighted by atomic mass is 9.99. The van der Waals surface area contributed by atoms with E-state index in [-0.39, 0.29) is 0 Å². The van der Waals surface area contributed by atoms with Crippen molar-refractivity contribution in [2.45, 2.75) is 19.4 Å². The van der Waals surface area contributed by atoms with Gasteiger partial charge in [-0.3, -0.25) is 0 Å². The summed E-state index contributed by atoms with van der Waals surface area (Å²) in [6.07, 6.45) is 0.460. The van der Waals surface area contributed by atoms with Gasteiger partial charge in [-0.1, -0.05) is 42.5 Å². The van der Waals surface area contributed by atoms with E-state index in [1.54, 1.807) is 6.92 Å². The van der Waals surface area contributed by atoms with Crippen LogP contribution < -0.4 is 5.73 Å². The van der Waals surface area contributed by atoms with Crippen LogP contribution in [0.4, 0.5) is 0 Å². The van der Waals surface area contributed by atoms with Crippen molar-refractivity contribution in [3.8, 4) is 11.1 Å². The summed E-state index contributed by atoms with van der Waals surface area (Å²) in [5.74, 6) is 0. The fourth-order valence-corrected chi connectivity index (χ4v) is 2.05. The summed E-state index contributed by atoms with van der Waals surface area (Å²) in [4.78, 5) is 0. The quantitative estimate of drug-likeness (QED) is 0.864. The molecule has 18 heavy (non-hydrogen) atoms. The molecule has 0 spiro atoms. The smallest absolute Gasteiger partial charge is 0.0762 e. The Morgan fingerprint density at radius 3 is 2.39 bits per heavy atom. The molecule has 0 aromatic heterocycles. The van der Waals surface area contributed by atoms with Gasteiger partial charge in [-0.15, -0.1) is 0 Å². The van der Waals surface area contributed by atoms with Gasteiger partial charge < -0.3 is 10.8 Å². The highest BCUT2D eigenvalue weighted by molar-refractivity contribution is 5.65. The standard InChI is InChI=1S/C16H19NO/c1-12(18)14-5-3-7-16(11-14)15-6-2-4-13(10-15)8-9-17/h2-7,10-12,18H,8-9,17H2,1H3/t12-/m1/s1. The van der Waals surface area contributed by atoms with Crippen LogP contribution in [0, 0.1) is 0 Å². The molecule has 2 aromatic carbocycles. The molecule has 2 aromatic rings. The Morgan fingerprint density at radius 1 is 1.06 bits per heavy atom. The van der Waals surface area contributed by atoms with E-state index in [9.17, 15) is 5.11 Å². The van der Waals surface area contributed by atoms with Crippen LogP contribution in [0.5, 0.6) is 0 Å². The summed E-state index contributed by atoms with van der Waals surface area (Å²) in [6.45, 7) is 2.45. The Balaban J connectivity index is 2.35. The summed E-state index contributed by atoms with van der Waals surface area (Å²) < 4.78 is 0. The number of hydrogen-bond acceptors (Lipinski definition) is 2. The van der Waals surface area contributed by atoms with Crippen molar-refractivity contribution in [2.24, 2.45) is 5.73 Å². The molecule has 94 valence electrons. The Bertz CT molecular complexity index is 520. The van der Waals surface area contributed by atoms with Crippen molar-refractivity contribution in [3.63, 3.8) is 0 Å². The molecule has 0 unspecified atom stereocenters. The first-order valence-corrected chi connectivity index (χ1v) is 6.28. The van der Waals surface area contributed by atoms with E-state index < -0.39 is 6.10 Å². The minimum Gasteiger partial charge on any atom is -0.389 e. The molecular weight excluding hydrogens is 222 g/mol. The molecule has 1 atom stereocenters. The van der Waals surface area contributed by atoms with Crippen molar-refractivity contribution in [1.82, 2.24) is 0 Å². The Morgan fingerprint density at radius 2 is 1.72 bits per heavy atom. The van der Waals surface area contributed by atoms with E-state index in [4.69, 9.17) is 5.73 Å². The molecule has 0 aliphatic heterocycles. The van der Waals surface area contributed by atoms with Crippen LogP contribution in [0.1, 0.15) is 24.2 Å². The van der Waals surface area contributed by atoms with Gasteiger partial charge in [0, 0.05) is 0 Å². The molecule has 2 heteroatoms. The van der Waals surface area contributed by atoms with E-state index in [1.807, 2.05) is 18.2 Å². The Kier molecular flexibility index (Phi) is 4.13. The van der Waals surface area contributed by atoms with Crippen molar-refractivity contribution >= 4 is 0 Å². The molecule has 2 nitrogen and oxygen atoms in total. The fourth-order valence-electron chi connectivity index (χ4n) is 2.05. The van der Waals surface area contributed by atoms with Crippen molar-refractivity contribution in [1.29, 1.82) is 0 Å². The summed E-state index contributed by atoms with van der Waals surface area (Å²) in [7, 11) is 0. The van der Waals surface area contributed by atoms with Crippen molar-refractivity contribution < 1.29 is 5.11 Å². The van der Waals surface area contributed by atoms with Crippen LogP contribution >= 0.6 is 0 Å². The van der Waals surface area contributed by atoms with E-state index in [0.717, 1.165) is 17.5 Å². The monoisotopic (exact) mass is 241 g/mol. The first-order chi connectivity index (χ1) is 8.70. The number of aliphatic hydroxyl groups is 1. The van der Waals surface area contributed by atoms with Crippen LogP contribution in [-0.4, -0.2) is 11.7 Å². The normalized spacial score (nSPS) is 12.4. The van der Waals surface area contributed by atoms with E-state index in [0.29, 0.717) is 6.54 Å². The highest BCUT2D eigenvalue weighted by Gasteiger charge is 2.04. The number of rotatable bonds is 4. The van der Waals surface area contributed by atoms with Crippen LogP contribution in [0.15, 0.2) is 48.5 Å². The van der Waals surface area contributed by atoms with E-state index in [1.165, 1.54) is 11.1 Å². The third kappa shape index (κ3) is 2.97. The Hall–Kier alpha value is -1.64. The van der Waals surface area contributed by atoms with Gasteiger partial charge in [-0.2, -0.15) is 0 Å². The molecule has 0 aliphatic carbocycles. The van der Waals surface area contributed by atoms with Gasteiger partial charge in [-0.05, 0) is 48.2 Å². The number of aliphatic hydroxyl groups excluding tert-OH is 1. The van der Waals surface area contributed by atoms with Crippen LogP contribution in [0.2, 0.25) is 0 Å². The topological polar surface area (TPSA) is 46.2 Å². The van der Waals surface area contributed by atoms with Gasteiger partial charge in [0.05, 0.1) is 6.10 Å². The average molecular weight is 241 g/mol. The Labute approximate surface area is 108 Å². The second-order valence-electron chi connectivity index (χ2n) is 4.54. The van der Waals surface area contributed by atoms with Crippen LogP contribution in [0.3, 0.4) is 0 Å². The largest absolute Gasteiger partial charge is 0.389 e. The van der Waals surface area contributed by atoms with Crippen LogP contribution in [0.25, 0.3) is 11.1 Å². The fraction of sp³-hybridized carbons (Fsp3) is 0.250. The van der Waals surface area contributed by atoms with Gasteiger partial charge in [0.25, 0.3) is 0 Å². The van der Waals surface area contributed by atoms with Gasteiger partial charge in [0.15, 0.2) is 0 Å². The summed E-state index contributed by atoms with van der Waals surface area (Å²) in [6, 6.07) is 16.4. The number of hydrogen-bond donors (Lipinski definition) is 2. The molecule has 0 aliphatic rings. The molecule has 0 fully saturated rings. The minimum atomic E-state index is -0.433. The number of benzene rings is 2. The third-order valence-corrected chi connectivity index (χ3v) is 3.06. The predicted octanol–water partition coefficient (Wildman–Crippen LogP) is 2.91. The van der Waals surface area contributed by atoms with Crippen molar-refractivity contribution in [3.05, 3.63) is 59.7 Å². The SMILES string of the molecule is C[C@@H](O)c1cccc(-c2cccc(CCN)c2)c1. The summed E-state index contributed by atoms with van der Waals surface area (Å²) in [5, 5.41) is 9.62. The third-order valence-electron chi connectivity index (χ3n) is 3.06. The molecule has 0 bridgehead atoms. The van der Waals surface area contributed by atoms with Gasteiger partial charge >= 0.3 is 0 Å². The number of nitrogens with two attached hydrogens (primary N) is 1. The average Bonchev–Trinajstić information content (AvgIpc) is 2.39. The zero-order chi connectivity index (χ0) is 13.0. The lowest BCUT2D eigenvalue weighted by Crippen LogP contribution is -2.02. The second kappa shape index (κ2) is 5.80.